The van der Waals surface area contributed by atoms with Gasteiger partial charge in [0.2, 0.25) is 0 Å². The molecule has 0 unspecified atom stereocenters. The lowest BCUT2D eigenvalue weighted by Crippen LogP contribution is -2.52. The predicted octanol–water partition coefficient (Wildman–Crippen LogP) is 3.95. The van der Waals surface area contributed by atoms with Gasteiger partial charge in [-0.25, -0.2) is 4.79 Å². The third-order valence-corrected chi connectivity index (χ3v) is 5.78. The van der Waals surface area contributed by atoms with Crippen LogP contribution in [0.1, 0.15) is 53.0 Å². The zero-order chi connectivity index (χ0) is 24.0. The first-order valence-corrected chi connectivity index (χ1v) is 12.7. The van der Waals surface area contributed by atoms with Crippen LogP contribution in [0, 0.1) is 5.92 Å². The number of carbonyl (C=O) groups excluding carboxylic acids is 1. The van der Waals surface area contributed by atoms with Gasteiger partial charge < -0.3 is 14.2 Å². The third kappa shape index (κ3) is 8.69. The molecule has 0 aromatic heterocycles. The molecule has 8 nitrogen and oxygen atoms in total. The molecule has 9 heteroatoms. The number of hydrogen-bond acceptors (Lipinski definition) is 7. The third-order valence-electron chi connectivity index (χ3n) is 5.18. The van der Waals surface area contributed by atoms with Gasteiger partial charge in [0, 0.05) is 6.61 Å². The van der Waals surface area contributed by atoms with Gasteiger partial charge in [-0.2, -0.15) is 8.42 Å². The van der Waals surface area contributed by atoms with Crippen LogP contribution in [0.3, 0.4) is 0 Å². The summed E-state index contributed by atoms with van der Waals surface area (Å²) in [6, 6.07) is 9.57. The fourth-order valence-electron chi connectivity index (χ4n) is 3.72. The first kappa shape index (κ1) is 26.6. The zero-order valence-electron chi connectivity index (χ0n) is 20.0. The molecule has 2 rings (SSSR count). The Balaban J connectivity index is 2.09. The van der Waals surface area contributed by atoms with E-state index in [9.17, 15) is 13.2 Å². The Hall–Kier alpha value is -1.68. The Morgan fingerprint density at radius 1 is 1.19 bits per heavy atom. The van der Waals surface area contributed by atoms with E-state index in [4.69, 9.17) is 18.4 Å². The minimum atomic E-state index is -3.55. The van der Waals surface area contributed by atoms with E-state index in [0.717, 1.165) is 11.8 Å². The summed E-state index contributed by atoms with van der Waals surface area (Å²) in [5.41, 5.74) is -0.410. The van der Waals surface area contributed by atoms with Crippen LogP contribution in [0.5, 0.6) is 0 Å². The molecule has 0 bridgehead atoms. The van der Waals surface area contributed by atoms with Gasteiger partial charge in [-0.1, -0.05) is 30.3 Å². The van der Waals surface area contributed by atoms with Gasteiger partial charge in [-0.05, 0) is 58.9 Å². The molecule has 1 heterocycles. The van der Waals surface area contributed by atoms with Crippen molar-refractivity contribution in [2.75, 3.05) is 26.1 Å². The van der Waals surface area contributed by atoms with Crippen LogP contribution in [0.15, 0.2) is 30.3 Å². The van der Waals surface area contributed by atoms with E-state index in [-0.39, 0.29) is 18.6 Å². The van der Waals surface area contributed by atoms with Crippen molar-refractivity contribution in [2.24, 2.45) is 5.92 Å². The first-order chi connectivity index (χ1) is 14.8. The molecule has 2 atom stereocenters. The highest BCUT2D eigenvalue weighted by molar-refractivity contribution is 7.85. The second-order valence-corrected chi connectivity index (χ2v) is 11.2. The Kier molecular flexibility index (Phi) is 9.10. The lowest BCUT2D eigenvalue weighted by atomic mass is 9.92. The van der Waals surface area contributed by atoms with Gasteiger partial charge in [0.15, 0.2) is 0 Å². The van der Waals surface area contributed by atoms with Crippen LogP contribution >= 0.6 is 0 Å². The first-order valence-electron chi connectivity index (χ1n) is 10.9. The number of amides is 1. The molecular formula is C23H37NO7S. The molecule has 32 heavy (non-hydrogen) atoms. The lowest BCUT2D eigenvalue weighted by molar-refractivity contribution is -0.0654. The van der Waals surface area contributed by atoms with Crippen molar-refractivity contribution in [3.63, 3.8) is 0 Å². The molecule has 182 valence electrons. The molecule has 1 fully saturated rings. The van der Waals surface area contributed by atoms with Gasteiger partial charge in [0.1, 0.15) is 11.3 Å². The van der Waals surface area contributed by atoms with Crippen LogP contribution in [-0.2, 0) is 35.1 Å². The number of ether oxygens (including phenoxy) is 3. The number of nitrogens with zero attached hydrogens (tertiary/aromatic N) is 1. The van der Waals surface area contributed by atoms with Crippen LogP contribution < -0.4 is 0 Å². The Morgan fingerprint density at radius 3 is 2.41 bits per heavy atom. The van der Waals surface area contributed by atoms with E-state index in [0.29, 0.717) is 32.7 Å². The maximum atomic E-state index is 13.0. The average Bonchev–Trinajstić information content (AvgIpc) is 2.97. The van der Waals surface area contributed by atoms with Gasteiger partial charge in [-0.15, -0.1) is 0 Å². The molecule has 1 amide bonds. The summed E-state index contributed by atoms with van der Waals surface area (Å²) in [7, 11) is -3.55. The lowest BCUT2D eigenvalue weighted by Gasteiger charge is -2.37. The summed E-state index contributed by atoms with van der Waals surface area (Å²) in [5.74, 6) is -0.0955. The van der Waals surface area contributed by atoms with E-state index in [1.54, 1.807) is 4.90 Å². The maximum absolute atomic E-state index is 13.0. The number of carbonyl (C=O) groups is 1. The van der Waals surface area contributed by atoms with Crippen molar-refractivity contribution < 1.29 is 31.6 Å². The van der Waals surface area contributed by atoms with Gasteiger partial charge in [0.05, 0.1) is 32.1 Å². The molecule has 1 aliphatic rings. The van der Waals surface area contributed by atoms with Gasteiger partial charge >= 0.3 is 6.09 Å². The SMILES string of the molecule is CC(C)(C)OC(=O)N1[C@@H]([C@@H](CCOCc2ccccc2)CCOS(C)(=O)=O)COC1(C)C. The summed E-state index contributed by atoms with van der Waals surface area (Å²) in [5, 5.41) is 0. The minimum Gasteiger partial charge on any atom is -0.444 e. The topological polar surface area (TPSA) is 91.4 Å². The fourth-order valence-corrected chi connectivity index (χ4v) is 4.12. The van der Waals surface area contributed by atoms with Gasteiger partial charge in [-0.3, -0.25) is 9.08 Å². The van der Waals surface area contributed by atoms with Crippen molar-refractivity contribution in [1.29, 1.82) is 0 Å². The summed E-state index contributed by atoms with van der Waals surface area (Å²) < 4.78 is 45.2. The standard InChI is InChI=1S/C23H37NO7S/c1-22(2,3)31-21(25)24-20(17-29-23(24,4)5)19(13-15-30-32(6,26)27)12-14-28-16-18-10-8-7-9-11-18/h7-11,19-20H,12-17H2,1-6H3/t19-,20+/m0/s1. The molecule has 1 aromatic carbocycles. The normalized spacial score (nSPS) is 19.7. The van der Waals surface area contributed by atoms with Crippen LogP contribution in [0.4, 0.5) is 4.79 Å². The van der Waals surface area contributed by atoms with Crippen LogP contribution in [-0.4, -0.2) is 62.9 Å². The average molecular weight is 472 g/mol. The zero-order valence-corrected chi connectivity index (χ0v) is 20.8. The number of rotatable bonds is 10. The number of hydrogen-bond donors (Lipinski definition) is 0. The van der Waals surface area contributed by atoms with Crippen LogP contribution in [0.2, 0.25) is 0 Å². The van der Waals surface area contributed by atoms with Crippen molar-refractivity contribution in [1.82, 2.24) is 4.90 Å². The van der Waals surface area contributed by atoms with E-state index in [2.05, 4.69) is 0 Å². The van der Waals surface area contributed by atoms with E-state index >= 15 is 0 Å². The quantitative estimate of drug-likeness (QED) is 0.377. The minimum absolute atomic E-state index is 0.0290. The predicted molar refractivity (Wildman–Crippen MR) is 122 cm³/mol. The highest BCUT2D eigenvalue weighted by atomic mass is 32.2. The van der Waals surface area contributed by atoms with Crippen molar-refractivity contribution in [3.05, 3.63) is 35.9 Å². The van der Waals surface area contributed by atoms with Crippen molar-refractivity contribution in [3.8, 4) is 0 Å². The summed E-state index contributed by atoms with van der Waals surface area (Å²) in [6.07, 6.45) is 1.62. The molecule has 1 aromatic rings. The molecule has 0 aliphatic carbocycles. The molecular weight excluding hydrogens is 434 g/mol. The molecule has 1 saturated heterocycles. The molecule has 0 spiro atoms. The molecule has 0 N–H and O–H groups in total. The molecule has 0 saturated carbocycles. The highest BCUT2D eigenvalue weighted by Crippen LogP contribution is 2.35. The Bertz CT molecular complexity index is 834. The molecule has 0 radical (unpaired) electrons. The van der Waals surface area contributed by atoms with Crippen molar-refractivity contribution in [2.45, 2.75) is 71.4 Å². The van der Waals surface area contributed by atoms with Gasteiger partial charge in [0.25, 0.3) is 10.1 Å². The van der Waals surface area contributed by atoms with E-state index < -0.39 is 27.5 Å². The summed E-state index contributed by atoms with van der Waals surface area (Å²) in [4.78, 5) is 14.6. The second kappa shape index (κ2) is 11.0. The Morgan fingerprint density at radius 2 is 1.81 bits per heavy atom. The Labute approximate surface area is 192 Å². The van der Waals surface area contributed by atoms with E-state index in [1.807, 2.05) is 65.0 Å². The maximum Gasteiger partial charge on any atom is 0.412 e. The highest BCUT2D eigenvalue weighted by Gasteiger charge is 2.48. The summed E-state index contributed by atoms with van der Waals surface area (Å²) in [6.45, 7) is 10.4. The number of benzene rings is 1. The summed E-state index contributed by atoms with van der Waals surface area (Å²) >= 11 is 0. The van der Waals surface area contributed by atoms with E-state index in [1.165, 1.54) is 0 Å². The van der Waals surface area contributed by atoms with Crippen molar-refractivity contribution >= 4 is 16.2 Å². The largest absolute Gasteiger partial charge is 0.444 e. The van der Waals surface area contributed by atoms with Crippen LogP contribution in [0.25, 0.3) is 0 Å². The smallest absolute Gasteiger partial charge is 0.412 e. The fraction of sp³-hybridized carbons (Fsp3) is 0.696. The second-order valence-electron chi connectivity index (χ2n) is 9.58. The monoisotopic (exact) mass is 471 g/mol. The molecule has 1 aliphatic heterocycles.